The second kappa shape index (κ2) is 6.33. The van der Waals surface area contributed by atoms with Crippen LogP contribution in [0.3, 0.4) is 0 Å². The van der Waals surface area contributed by atoms with Crippen molar-refractivity contribution in [3.05, 3.63) is 23.4 Å². The van der Waals surface area contributed by atoms with E-state index in [2.05, 4.69) is 4.98 Å². The van der Waals surface area contributed by atoms with Crippen LogP contribution in [-0.2, 0) is 9.53 Å². The highest BCUT2D eigenvalue weighted by Crippen LogP contribution is 2.13. The lowest BCUT2D eigenvalue weighted by Gasteiger charge is -2.20. The second-order valence-electron chi connectivity index (χ2n) is 3.15. The Balaban J connectivity index is 2.67. The summed E-state index contributed by atoms with van der Waals surface area (Å²) in [4.78, 5) is 17.3. The molecule has 0 spiro atoms. The molecule has 1 aromatic rings. The van der Waals surface area contributed by atoms with Crippen LogP contribution in [0.15, 0.2) is 18.3 Å². The molecule has 1 rings (SSSR count). The zero-order valence-corrected chi connectivity index (χ0v) is 10.2. The Morgan fingerprint density at radius 1 is 1.50 bits per heavy atom. The molecule has 0 atom stereocenters. The maximum atomic E-state index is 11.3. The summed E-state index contributed by atoms with van der Waals surface area (Å²) in [7, 11) is 0. The van der Waals surface area contributed by atoms with Gasteiger partial charge in [-0.15, -0.1) is 0 Å². The molecule has 16 heavy (non-hydrogen) atoms. The van der Waals surface area contributed by atoms with Gasteiger partial charge in [0.25, 0.3) is 0 Å². The number of pyridine rings is 1. The fourth-order valence-corrected chi connectivity index (χ4v) is 1.38. The van der Waals surface area contributed by atoms with Gasteiger partial charge in [-0.05, 0) is 26.0 Å². The van der Waals surface area contributed by atoms with E-state index in [9.17, 15) is 4.79 Å². The molecule has 0 amide bonds. The standard InChI is InChI=1S/C11H15ClN2O2/c1-3-14(8-11(15)16-4-2)10-6-5-9(12)7-13-10/h5-7H,3-4,8H2,1-2H3. The van der Waals surface area contributed by atoms with E-state index in [4.69, 9.17) is 16.3 Å². The third kappa shape index (κ3) is 3.70. The Morgan fingerprint density at radius 2 is 2.25 bits per heavy atom. The maximum Gasteiger partial charge on any atom is 0.325 e. The molecular formula is C11H15ClN2O2. The Kier molecular flexibility index (Phi) is 5.05. The Morgan fingerprint density at radius 3 is 2.75 bits per heavy atom. The minimum atomic E-state index is -0.249. The second-order valence-corrected chi connectivity index (χ2v) is 3.59. The van der Waals surface area contributed by atoms with Gasteiger partial charge >= 0.3 is 5.97 Å². The van der Waals surface area contributed by atoms with Crippen molar-refractivity contribution in [3.8, 4) is 0 Å². The van der Waals surface area contributed by atoms with Crippen LogP contribution in [0, 0.1) is 0 Å². The number of carbonyl (C=O) groups excluding carboxylic acids is 1. The number of rotatable bonds is 5. The van der Waals surface area contributed by atoms with Crippen LogP contribution >= 0.6 is 11.6 Å². The summed E-state index contributed by atoms with van der Waals surface area (Å²) in [5.41, 5.74) is 0. The number of likely N-dealkylation sites (N-methyl/N-ethyl adjacent to an activating group) is 1. The zero-order chi connectivity index (χ0) is 12.0. The number of aromatic nitrogens is 1. The molecule has 0 saturated carbocycles. The van der Waals surface area contributed by atoms with Crippen LogP contribution in [0.25, 0.3) is 0 Å². The quantitative estimate of drug-likeness (QED) is 0.742. The third-order valence-electron chi connectivity index (χ3n) is 2.04. The van der Waals surface area contributed by atoms with Crippen molar-refractivity contribution in [2.24, 2.45) is 0 Å². The number of nitrogens with zero attached hydrogens (tertiary/aromatic N) is 2. The molecule has 0 radical (unpaired) electrons. The van der Waals surface area contributed by atoms with E-state index < -0.39 is 0 Å². The van der Waals surface area contributed by atoms with E-state index >= 15 is 0 Å². The zero-order valence-electron chi connectivity index (χ0n) is 9.44. The minimum Gasteiger partial charge on any atom is -0.465 e. The highest BCUT2D eigenvalue weighted by molar-refractivity contribution is 6.30. The van der Waals surface area contributed by atoms with Gasteiger partial charge in [0, 0.05) is 12.7 Å². The molecule has 0 bridgehead atoms. The predicted molar refractivity (Wildman–Crippen MR) is 63.8 cm³/mol. The monoisotopic (exact) mass is 242 g/mol. The first-order chi connectivity index (χ1) is 7.67. The molecule has 0 aliphatic heterocycles. The molecule has 0 aromatic carbocycles. The molecule has 88 valence electrons. The summed E-state index contributed by atoms with van der Waals surface area (Å²) in [6, 6.07) is 3.53. The summed E-state index contributed by atoms with van der Waals surface area (Å²) in [6.07, 6.45) is 1.56. The molecule has 0 fully saturated rings. The van der Waals surface area contributed by atoms with Crippen LogP contribution in [0.5, 0.6) is 0 Å². The minimum absolute atomic E-state index is 0.207. The molecule has 0 aliphatic carbocycles. The summed E-state index contributed by atoms with van der Waals surface area (Å²) in [5.74, 6) is 0.473. The first kappa shape index (κ1) is 12.8. The van der Waals surface area contributed by atoms with Crippen LogP contribution in [0.2, 0.25) is 5.02 Å². The Bertz CT molecular complexity index is 340. The lowest BCUT2D eigenvalue weighted by molar-refractivity contribution is -0.141. The maximum absolute atomic E-state index is 11.3. The summed E-state index contributed by atoms with van der Waals surface area (Å²) in [6.45, 7) is 5.03. The topological polar surface area (TPSA) is 42.4 Å². The predicted octanol–water partition coefficient (Wildman–Crippen LogP) is 2.12. The lowest BCUT2D eigenvalue weighted by atomic mass is 10.4. The SMILES string of the molecule is CCOC(=O)CN(CC)c1ccc(Cl)cn1. The number of halogens is 1. The average Bonchev–Trinajstić information content (AvgIpc) is 2.27. The van der Waals surface area contributed by atoms with Crippen molar-refractivity contribution in [1.82, 2.24) is 4.98 Å². The van der Waals surface area contributed by atoms with Crippen molar-refractivity contribution in [2.45, 2.75) is 13.8 Å². The van der Waals surface area contributed by atoms with Gasteiger partial charge in [-0.2, -0.15) is 0 Å². The third-order valence-corrected chi connectivity index (χ3v) is 2.27. The highest BCUT2D eigenvalue weighted by atomic mass is 35.5. The van der Waals surface area contributed by atoms with E-state index in [-0.39, 0.29) is 12.5 Å². The van der Waals surface area contributed by atoms with E-state index in [0.29, 0.717) is 18.2 Å². The molecule has 5 heteroatoms. The highest BCUT2D eigenvalue weighted by Gasteiger charge is 2.11. The van der Waals surface area contributed by atoms with Gasteiger partial charge in [-0.25, -0.2) is 4.98 Å². The average molecular weight is 243 g/mol. The number of esters is 1. The van der Waals surface area contributed by atoms with Gasteiger partial charge in [-0.1, -0.05) is 11.6 Å². The molecule has 0 unspecified atom stereocenters. The van der Waals surface area contributed by atoms with Gasteiger partial charge in [-0.3, -0.25) is 4.79 Å². The molecule has 1 aromatic heterocycles. The summed E-state index contributed by atoms with van der Waals surface area (Å²) >= 11 is 5.74. The number of hydrogen-bond donors (Lipinski definition) is 0. The Hall–Kier alpha value is -1.29. The van der Waals surface area contributed by atoms with Crippen molar-refractivity contribution >= 4 is 23.4 Å². The number of anilines is 1. The van der Waals surface area contributed by atoms with Crippen molar-refractivity contribution in [2.75, 3.05) is 24.6 Å². The van der Waals surface area contributed by atoms with Gasteiger partial charge in [0.2, 0.25) is 0 Å². The fourth-order valence-electron chi connectivity index (χ4n) is 1.27. The molecule has 4 nitrogen and oxygen atoms in total. The van der Waals surface area contributed by atoms with Crippen molar-refractivity contribution in [3.63, 3.8) is 0 Å². The summed E-state index contributed by atoms with van der Waals surface area (Å²) < 4.78 is 4.88. The van der Waals surface area contributed by atoms with Crippen molar-refractivity contribution in [1.29, 1.82) is 0 Å². The van der Waals surface area contributed by atoms with Gasteiger partial charge in [0.15, 0.2) is 0 Å². The molecule has 1 heterocycles. The van der Waals surface area contributed by atoms with Crippen LogP contribution in [0.4, 0.5) is 5.82 Å². The van der Waals surface area contributed by atoms with Gasteiger partial charge < -0.3 is 9.64 Å². The van der Waals surface area contributed by atoms with Crippen LogP contribution in [-0.4, -0.2) is 30.6 Å². The van der Waals surface area contributed by atoms with Crippen molar-refractivity contribution < 1.29 is 9.53 Å². The Labute approximate surface area is 100 Å². The van der Waals surface area contributed by atoms with Crippen LogP contribution in [0.1, 0.15) is 13.8 Å². The number of hydrogen-bond acceptors (Lipinski definition) is 4. The molecule has 0 saturated heterocycles. The normalized spacial score (nSPS) is 9.94. The smallest absolute Gasteiger partial charge is 0.325 e. The van der Waals surface area contributed by atoms with Crippen LogP contribution < -0.4 is 4.90 Å². The molecule has 0 aliphatic rings. The van der Waals surface area contributed by atoms with E-state index in [0.717, 1.165) is 5.82 Å². The van der Waals surface area contributed by atoms with E-state index in [1.54, 1.807) is 25.3 Å². The van der Waals surface area contributed by atoms with E-state index in [1.807, 2.05) is 11.8 Å². The lowest BCUT2D eigenvalue weighted by Crippen LogP contribution is -2.31. The van der Waals surface area contributed by atoms with Gasteiger partial charge in [0.05, 0.1) is 11.6 Å². The molecular weight excluding hydrogens is 228 g/mol. The molecule has 0 N–H and O–H groups in total. The first-order valence-electron chi connectivity index (χ1n) is 5.19. The number of carbonyl (C=O) groups is 1. The van der Waals surface area contributed by atoms with E-state index in [1.165, 1.54) is 0 Å². The fraction of sp³-hybridized carbons (Fsp3) is 0.455. The summed E-state index contributed by atoms with van der Waals surface area (Å²) in [5, 5.41) is 0.580. The van der Waals surface area contributed by atoms with Gasteiger partial charge in [0.1, 0.15) is 12.4 Å². The largest absolute Gasteiger partial charge is 0.465 e. The first-order valence-corrected chi connectivity index (χ1v) is 5.57. The number of ether oxygens (including phenoxy) is 1.